The third-order valence-corrected chi connectivity index (χ3v) is 6.64. The van der Waals surface area contributed by atoms with Gasteiger partial charge in [-0.15, -0.1) is 0 Å². The van der Waals surface area contributed by atoms with E-state index in [9.17, 15) is 19.1 Å². The van der Waals surface area contributed by atoms with Crippen LogP contribution in [0.5, 0.6) is 0 Å². The Morgan fingerprint density at radius 2 is 1.55 bits per heavy atom. The molecule has 40 heavy (non-hydrogen) atoms. The molecule has 0 unspecified atom stereocenters. The summed E-state index contributed by atoms with van der Waals surface area (Å²) in [6, 6.07) is 25.0. The fourth-order valence-electron chi connectivity index (χ4n) is 4.93. The van der Waals surface area contributed by atoms with Crippen molar-refractivity contribution in [2.75, 3.05) is 5.32 Å². The first kappa shape index (κ1) is 28.5. The van der Waals surface area contributed by atoms with Gasteiger partial charge in [0.25, 0.3) is 5.91 Å². The average molecular weight is 541 g/mol. The first-order valence-electron chi connectivity index (χ1n) is 13.3. The Morgan fingerprint density at radius 1 is 0.925 bits per heavy atom. The summed E-state index contributed by atoms with van der Waals surface area (Å²) in [7, 11) is 0. The Bertz CT molecular complexity index is 1480. The summed E-state index contributed by atoms with van der Waals surface area (Å²) in [6.45, 7) is 4.39. The molecule has 0 spiro atoms. The number of aliphatic hydroxyl groups excluding tert-OH is 1. The zero-order chi connectivity index (χ0) is 28.6. The summed E-state index contributed by atoms with van der Waals surface area (Å²) < 4.78 is 16.0. The number of para-hydroxylation sites is 1. The Labute approximate surface area is 233 Å². The number of aromatic nitrogens is 1. The van der Waals surface area contributed by atoms with Gasteiger partial charge in [-0.2, -0.15) is 0 Å². The molecule has 206 valence electrons. The van der Waals surface area contributed by atoms with E-state index in [0.29, 0.717) is 24.2 Å². The van der Waals surface area contributed by atoms with Crippen molar-refractivity contribution in [1.82, 2.24) is 4.57 Å². The van der Waals surface area contributed by atoms with Crippen molar-refractivity contribution in [3.8, 4) is 22.4 Å². The van der Waals surface area contributed by atoms with E-state index in [-0.39, 0.29) is 24.1 Å². The maximum Gasteiger partial charge on any atom is 0.327 e. The van der Waals surface area contributed by atoms with Crippen LogP contribution >= 0.6 is 0 Å². The minimum Gasteiger partial charge on any atom is -0.478 e. The highest BCUT2D eigenvalue weighted by Crippen LogP contribution is 2.42. The van der Waals surface area contributed by atoms with E-state index in [1.807, 2.05) is 79.1 Å². The summed E-state index contributed by atoms with van der Waals surface area (Å²) in [5.74, 6) is -1.77. The van der Waals surface area contributed by atoms with Gasteiger partial charge in [0, 0.05) is 29.6 Å². The molecule has 0 saturated heterocycles. The lowest BCUT2D eigenvalue weighted by Crippen LogP contribution is -2.17. The number of nitrogens with one attached hydrogen (secondary N) is 1. The van der Waals surface area contributed by atoms with Crippen molar-refractivity contribution in [2.45, 2.75) is 45.3 Å². The number of anilines is 1. The molecule has 1 atom stereocenters. The molecule has 1 aromatic heterocycles. The molecule has 1 heterocycles. The average Bonchev–Trinajstić information content (AvgIpc) is 3.29. The molecule has 4 rings (SSSR count). The number of carbonyl (C=O) groups excluding carboxylic acids is 1. The normalized spacial score (nSPS) is 12.1. The molecule has 4 aromatic rings. The lowest BCUT2D eigenvalue weighted by Gasteiger charge is -2.19. The van der Waals surface area contributed by atoms with Gasteiger partial charge in [-0.25, -0.2) is 9.18 Å². The number of carboxylic acids is 1. The molecule has 0 bridgehead atoms. The molecule has 0 saturated carbocycles. The minimum atomic E-state index is -1.07. The van der Waals surface area contributed by atoms with Crippen LogP contribution in [0, 0.1) is 5.82 Å². The second kappa shape index (κ2) is 13.0. The zero-order valence-corrected chi connectivity index (χ0v) is 22.5. The van der Waals surface area contributed by atoms with Crippen LogP contribution < -0.4 is 5.32 Å². The van der Waals surface area contributed by atoms with Crippen LogP contribution in [0.25, 0.3) is 22.4 Å². The highest BCUT2D eigenvalue weighted by molar-refractivity contribution is 6.12. The van der Waals surface area contributed by atoms with Crippen LogP contribution in [0.15, 0.2) is 97.1 Å². The quantitative estimate of drug-likeness (QED) is 0.177. The maximum absolute atomic E-state index is 14.0. The first-order valence-corrected chi connectivity index (χ1v) is 13.3. The van der Waals surface area contributed by atoms with Gasteiger partial charge in [-0.3, -0.25) is 4.79 Å². The lowest BCUT2D eigenvalue weighted by atomic mass is 9.94. The SMILES string of the molecule is CC(C)c1c(C(=O)Nc2ccccc2)c(-c2ccccc2)c(-c2ccc(F)cc2)n1CC[C@@H](O)CC=CC(=O)O. The van der Waals surface area contributed by atoms with Crippen molar-refractivity contribution in [1.29, 1.82) is 0 Å². The van der Waals surface area contributed by atoms with E-state index in [1.165, 1.54) is 18.2 Å². The largest absolute Gasteiger partial charge is 0.478 e. The van der Waals surface area contributed by atoms with Gasteiger partial charge in [0.2, 0.25) is 0 Å². The first-order chi connectivity index (χ1) is 19.3. The summed E-state index contributed by atoms with van der Waals surface area (Å²) in [5.41, 5.74) is 5.03. The molecule has 0 aliphatic carbocycles. The van der Waals surface area contributed by atoms with E-state index in [2.05, 4.69) is 5.32 Å². The molecule has 1 amide bonds. The monoisotopic (exact) mass is 540 g/mol. The third kappa shape index (κ3) is 6.74. The molecule has 3 N–H and O–H groups in total. The fraction of sp³-hybridized carbons (Fsp3) is 0.212. The van der Waals surface area contributed by atoms with E-state index in [0.717, 1.165) is 34.2 Å². The van der Waals surface area contributed by atoms with Crippen LogP contribution in [0.1, 0.15) is 48.7 Å². The summed E-state index contributed by atoms with van der Waals surface area (Å²) >= 11 is 0. The standard InChI is InChI=1S/C33H33FN2O4/c1-22(2)31-30(33(40)35-26-12-7-4-8-13-26)29(23-10-5-3-6-11-23)32(24-16-18-25(34)19-17-24)36(31)21-20-27(37)14-9-15-28(38)39/h3-13,15-19,22,27,37H,14,20-21H2,1-2H3,(H,35,40)(H,38,39)/t27-/m0/s1. The molecule has 0 radical (unpaired) electrons. The van der Waals surface area contributed by atoms with Gasteiger partial charge in [0.05, 0.1) is 17.4 Å². The van der Waals surface area contributed by atoms with Gasteiger partial charge in [0.15, 0.2) is 0 Å². The van der Waals surface area contributed by atoms with Crippen molar-refractivity contribution in [2.24, 2.45) is 0 Å². The summed E-state index contributed by atoms with van der Waals surface area (Å²) in [4.78, 5) is 24.9. The molecular weight excluding hydrogens is 507 g/mol. The van der Waals surface area contributed by atoms with Crippen LogP contribution in [0.2, 0.25) is 0 Å². The Balaban J connectivity index is 1.92. The number of benzene rings is 3. The molecular formula is C33H33FN2O4. The number of aliphatic hydroxyl groups is 1. The number of halogens is 1. The number of nitrogens with zero attached hydrogens (tertiary/aromatic N) is 1. The van der Waals surface area contributed by atoms with Crippen molar-refractivity contribution >= 4 is 17.6 Å². The van der Waals surface area contributed by atoms with Crippen LogP contribution in [-0.4, -0.2) is 32.8 Å². The fourth-order valence-corrected chi connectivity index (χ4v) is 4.93. The van der Waals surface area contributed by atoms with Crippen molar-refractivity contribution in [3.05, 3.63) is 114 Å². The van der Waals surface area contributed by atoms with E-state index in [4.69, 9.17) is 5.11 Å². The predicted octanol–water partition coefficient (Wildman–Crippen LogP) is 7.12. The van der Waals surface area contributed by atoms with E-state index in [1.54, 1.807) is 12.1 Å². The molecule has 7 heteroatoms. The lowest BCUT2D eigenvalue weighted by molar-refractivity contribution is -0.131. The van der Waals surface area contributed by atoms with Crippen molar-refractivity contribution < 1.29 is 24.2 Å². The Kier molecular flexibility index (Phi) is 9.30. The van der Waals surface area contributed by atoms with Gasteiger partial charge < -0.3 is 20.1 Å². The number of rotatable bonds is 11. The van der Waals surface area contributed by atoms with Crippen LogP contribution in [0.3, 0.4) is 0 Å². The van der Waals surface area contributed by atoms with E-state index < -0.39 is 12.1 Å². The van der Waals surface area contributed by atoms with Crippen LogP contribution in [0.4, 0.5) is 10.1 Å². The highest BCUT2D eigenvalue weighted by Gasteiger charge is 2.30. The maximum atomic E-state index is 14.0. The second-order valence-electron chi connectivity index (χ2n) is 9.90. The predicted molar refractivity (Wildman–Crippen MR) is 156 cm³/mol. The zero-order valence-electron chi connectivity index (χ0n) is 22.5. The number of hydrogen-bond acceptors (Lipinski definition) is 3. The third-order valence-electron chi connectivity index (χ3n) is 6.64. The molecule has 3 aromatic carbocycles. The van der Waals surface area contributed by atoms with Gasteiger partial charge in [-0.1, -0.05) is 68.5 Å². The van der Waals surface area contributed by atoms with Crippen LogP contribution in [-0.2, 0) is 11.3 Å². The summed E-state index contributed by atoms with van der Waals surface area (Å²) in [6.07, 6.45) is 2.16. The number of carbonyl (C=O) groups is 2. The molecule has 0 aliphatic heterocycles. The van der Waals surface area contributed by atoms with E-state index >= 15 is 0 Å². The molecule has 6 nitrogen and oxygen atoms in total. The van der Waals surface area contributed by atoms with Crippen molar-refractivity contribution in [3.63, 3.8) is 0 Å². The number of amides is 1. The summed E-state index contributed by atoms with van der Waals surface area (Å²) in [5, 5.41) is 22.6. The molecule has 0 fully saturated rings. The topological polar surface area (TPSA) is 91.6 Å². The Hall–Kier alpha value is -4.49. The second-order valence-corrected chi connectivity index (χ2v) is 9.90. The van der Waals surface area contributed by atoms with Gasteiger partial charge >= 0.3 is 5.97 Å². The van der Waals surface area contributed by atoms with Gasteiger partial charge in [0.1, 0.15) is 5.82 Å². The number of carboxylic acid groups (broad SMARTS) is 1. The minimum absolute atomic E-state index is 0.0720. The molecule has 0 aliphatic rings. The smallest absolute Gasteiger partial charge is 0.327 e. The Morgan fingerprint density at radius 3 is 2.15 bits per heavy atom. The number of hydrogen-bond donors (Lipinski definition) is 3. The highest BCUT2D eigenvalue weighted by atomic mass is 19.1. The number of aliphatic carboxylic acids is 1. The van der Waals surface area contributed by atoms with Gasteiger partial charge in [-0.05, 0) is 66.3 Å².